The third-order valence-electron chi connectivity index (χ3n) is 3.34. The smallest absolute Gasteiger partial charge is 0.229 e. The lowest BCUT2D eigenvalue weighted by atomic mass is 10.1. The number of benzene rings is 2. The molecule has 0 unspecified atom stereocenters. The summed E-state index contributed by atoms with van der Waals surface area (Å²) in [7, 11) is 0. The zero-order valence-corrected chi connectivity index (χ0v) is 13.8. The Morgan fingerprint density at radius 3 is 2.50 bits per heavy atom. The topological polar surface area (TPSA) is 49.8 Å². The van der Waals surface area contributed by atoms with E-state index >= 15 is 0 Å². The first-order valence-electron chi connectivity index (χ1n) is 7.57. The Kier molecular flexibility index (Phi) is 5.08. The van der Waals surface area contributed by atoms with Gasteiger partial charge in [0.2, 0.25) is 5.95 Å². The molecular formula is C19H17ClN4. The van der Waals surface area contributed by atoms with Crippen molar-refractivity contribution in [3.8, 4) is 11.3 Å². The molecule has 3 aromatic rings. The largest absolute Gasteiger partial charge is 0.366 e. The predicted molar refractivity (Wildman–Crippen MR) is 101 cm³/mol. The molecule has 0 aliphatic carbocycles. The third-order valence-corrected chi connectivity index (χ3v) is 3.67. The minimum absolute atomic E-state index is 0.482. The summed E-state index contributed by atoms with van der Waals surface area (Å²) < 4.78 is 0. The summed E-state index contributed by atoms with van der Waals surface area (Å²) in [5, 5.41) is 7.00. The lowest BCUT2D eigenvalue weighted by Crippen LogP contribution is -2.05. The molecule has 120 valence electrons. The number of nitrogens with zero attached hydrogens (tertiary/aromatic N) is 2. The minimum Gasteiger partial charge on any atom is -0.366 e. The van der Waals surface area contributed by atoms with Crippen LogP contribution in [0.25, 0.3) is 11.3 Å². The van der Waals surface area contributed by atoms with Crippen LogP contribution in [-0.4, -0.2) is 16.5 Å². The second-order valence-corrected chi connectivity index (χ2v) is 5.51. The zero-order valence-electron chi connectivity index (χ0n) is 13.0. The number of halogens is 1. The quantitative estimate of drug-likeness (QED) is 0.612. The summed E-state index contributed by atoms with van der Waals surface area (Å²) in [6.45, 7) is 4.34. The van der Waals surface area contributed by atoms with E-state index in [0.29, 0.717) is 17.5 Å². The average Bonchev–Trinajstić information content (AvgIpc) is 2.62. The van der Waals surface area contributed by atoms with Crippen molar-refractivity contribution in [1.82, 2.24) is 9.97 Å². The van der Waals surface area contributed by atoms with E-state index in [0.717, 1.165) is 22.8 Å². The fourth-order valence-corrected chi connectivity index (χ4v) is 2.39. The van der Waals surface area contributed by atoms with E-state index in [-0.39, 0.29) is 0 Å². The molecule has 2 aromatic carbocycles. The van der Waals surface area contributed by atoms with Gasteiger partial charge in [-0.05, 0) is 12.1 Å². The maximum absolute atomic E-state index is 6.21. The highest BCUT2D eigenvalue weighted by Gasteiger charge is 2.08. The monoisotopic (exact) mass is 336 g/mol. The van der Waals surface area contributed by atoms with Crippen LogP contribution in [0.15, 0.2) is 73.3 Å². The van der Waals surface area contributed by atoms with E-state index in [1.165, 1.54) is 0 Å². The molecule has 0 fully saturated rings. The Morgan fingerprint density at radius 1 is 1.00 bits per heavy atom. The second kappa shape index (κ2) is 7.62. The number of rotatable bonds is 6. The Labute approximate surface area is 146 Å². The van der Waals surface area contributed by atoms with Crippen LogP contribution >= 0.6 is 11.6 Å². The minimum atomic E-state index is 0.482. The number of hydrogen-bond acceptors (Lipinski definition) is 4. The lowest BCUT2D eigenvalue weighted by molar-refractivity contribution is 1.14. The van der Waals surface area contributed by atoms with Crippen molar-refractivity contribution in [2.24, 2.45) is 0 Å². The van der Waals surface area contributed by atoms with Crippen LogP contribution in [0.3, 0.4) is 0 Å². The van der Waals surface area contributed by atoms with Crippen molar-refractivity contribution in [2.45, 2.75) is 0 Å². The van der Waals surface area contributed by atoms with Crippen LogP contribution in [0.4, 0.5) is 17.5 Å². The van der Waals surface area contributed by atoms with Gasteiger partial charge in [-0.3, -0.25) is 0 Å². The Balaban J connectivity index is 1.98. The van der Waals surface area contributed by atoms with Crippen LogP contribution in [0.1, 0.15) is 0 Å². The van der Waals surface area contributed by atoms with E-state index in [2.05, 4.69) is 27.2 Å². The average molecular weight is 337 g/mol. The summed E-state index contributed by atoms with van der Waals surface area (Å²) in [5.74, 6) is 1.20. The third kappa shape index (κ3) is 3.91. The first-order valence-corrected chi connectivity index (χ1v) is 7.95. The molecule has 0 saturated carbocycles. The Bertz CT molecular complexity index is 834. The van der Waals surface area contributed by atoms with Gasteiger partial charge in [-0.15, -0.1) is 6.58 Å². The SMILES string of the molecule is C=CCNc1cc(-c2ccccc2)nc(Nc2ccccc2Cl)n1. The molecule has 3 rings (SSSR count). The Morgan fingerprint density at radius 2 is 1.75 bits per heavy atom. The number of aromatic nitrogens is 2. The van der Waals surface area contributed by atoms with Gasteiger partial charge in [0.05, 0.1) is 16.4 Å². The number of anilines is 3. The van der Waals surface area contributed by atoms with E-state index in [9.17, 15) is 0 Å². The summed E-state index contributed by atoms with van der Waals surface area (Å²) >= 11 is 6.21. The van der Waals surface area contributed by atoms with Crippen molar-refractivity contribution in [3.05, 3.63) is 78.3 Å². The van der Waals surface area contributed by atoms with Crippen LogP contribution in [0.5, 0.6) is 0 Å². The first kappa shape index (κ1) is 16.0. The summed E-state index contributed by atoms with van der Waals surface area (Å²) in [6, 6.07) is 19.4. The standard InChI is InChI=1S/C19H17ClN4/c1-2-12-21-18-13-17(14-8-4-3-5-9-14)23-19(24-18)22-16-11-7-6-10-15(16)20/h2-11,13H,1,12H2,(H2,21,22,23,24). The molecule has 4 nitrogen and oxygen atoms in total. The van der Waals surface area contributed by atoms with Crippen LogP contribution in [-0.2, 0) is 0 Å². The molecule has 0 spiro atoms. The molecule has 0 bridgehead atoms. The van der Waals surface area contributed by atoms with Crippen LogP contribution in [0.2, 0.25) is 5.02 Å². The molecule has 0 aliphatic heterocycles. The van der Waals surface area contributed by atoms with Crippen molar-refractivity contribution in [1.29, 1.82) is 0 Å². The van der Waals surface area contributed by atoms with Gasteiger partial charge < -0.3 is 10.6 Å². The molecule has 2 N–H and O–H groups in total. The highest BCUT2D eigenvalue weighted by Crippen LogP contribution is 2.26. The normalized spacial score (nSPS) is 10.2. The molecule has 0 saturated heterocycles. The van der Waals surface area contributed by atoms with Crippen molar-refractivity contribution >= 4 is 29.1 Å². The molecule has 0 amide bonds. The van der Waals surface area contributed by atoms with E-state index < -0.39 is 0 Å². The van der Waals surface area contributed by atoms with E-state index in [1.54, 1.807) is 6.08 Å². The van der Waals surface area contributed by atoms with Gasteiger partial charge in [0.15, 0.2) is 0 Å². The summed E-state index contributed by atoms with van der Waals surface area (Å²) in [4.78, 5) is 9.09. The van der Waals surface area contributed by atoms with Gasteiger partial charge in [-0.2, -0.15) is 4.98 Å². The molecule has 5 heteroatoms. The maximum atomic E-state index is 6.21. The van der Waals surface area contributed by atoms with Crippen LogP contribution < -0.4 is 10.6 Å². The molecule has 24 heavy (non-hydrogen) atoms. The predicted octanol–water partition coefficient (Wildman–Crippen LogP) is 5.14. The summed E-state index contributed by atoms with van der Waals surface area (Å²) in [5.41, 5.74) is 2.61. The molecule has 0 radical (unpaired) electrons. The number of nitrogens with one attached hydrogen (secondary N) is 2. The second-order valence-electron chi connectivity index (χ2n) is 5.10. The van der Waals surface area contributed by atoms with Gasteiger partial charge in [-0.1, -0.05) is 60.1 Å². The number of para-hydroxylation sites is 1. The lowest BCUT2D eigenvalue weighted by Gasteiger charge is -2.11. The van der Waals surface area contributed by atoms with Gasteiger partial charge in [0.25, 0.3) is 0 Å². The van der Waals surface area contributed by atoms with Gasteiger partial charge >= 0.3 is 0 Å². The van der Waals surface area contributed by atoms with Crippen molar-refractivity contribution in [3.63, 3.8) is 0 Å². The summed E-state index contributed by atoms with van der Waals surface area (Å²) in [6.07, 6.45) is 1.78. The fourth-order valence-electron chi connectivity index (χ4n) is 2.21. The van der Waals surface area contributed by atoms with Crippen molar-refractivity contribution in [2.75, 3.05) is 17.2 Å². The fraction of sp³-hybridized carbons (Fsp3) is 0.0526. The van der Waals surface area contributed by atoms with Gasteiger partial charge in [0.1, 0.15) is 5.82 Å². The van der Waals surface area contributed by atoms with Gasteiger partial charge in [0, 0.05) is 18.2 Å². The molecular weight excluding hydrogens is 320 g/mol. The van der Waals surface area contributed by atoms with E-state index in [4.69, 9.17) is 11.6 Å². The highest BCUT2D eigenvalue weighted by atomic mass is 35.5. The molecule has 1 heterocycles. The maximum Gasteiger partial charge on any atom is 0.229 e. The molecule has 0 atom stereocenters. The molecule has 1 aromatic heterocycles. The highest BCUT2D eigenvalue weighted by molar-refractivity contribution is 6.33. The first-order chi connectivity index (χ1) is 11.8. The van der Waals surface area contributed by atoms with E-state index in [1.807, 2.05) is 60.7 Å². The Hall–Kier alpha value is -2.85. The zero-order chi connectivity index (χ0) is 16.8. The van der Waals surface area contributed by atoms with Crippen molar-refractivity contribution < 1.29 is 0 Å². The number of hydrogen-bond donors (Lipinski definition) is 2. The van der Waals surface area contributed by atoms with Crippen LogP contribution in [0, 0.1) is 0 Å². The molecule has 0 aliphatic rings. The van der Waals surface area contributed by atoms with Gasteiger partial charge in [-0.25, -0.2) is 4.98 Å².